The Morgan fingerprint density at radius 2 is 2.15 bits per heavy atom. The number of aromatic nitrogens is 1. The highest BCUT2D eigenvalue weighted by Gasteiger charge is 2.18. The van der Waals surface area contributed by atoms with Crippen molar-refractivity contribution in [3.63, 3.8) is 0 Å². The lowest BCUT2D eigenvalue weighted by Gasteiger charge is -2.06. The van der Waals surface area contributed by atoms with Gasteiger partial charge in [-0.25, -0.2) is 5.43 Å². The van der Waals surface area contributed by atoms with E-state index in [1.807, 2.05) is 23.7 Å². The average molecular weight is 289 g/mol. The minimum absolute atomic E-state index is 0.0364. The van der Waals surface area contributed by atoms with Crippen LogP contribution in [0.2, 0.25) is 0 Å². The normalized spacial score (nSPS) is 16.9. The molecule has 4 nitrogen and oxygen atoms in total. The van der Waals surface area contributed by atoms with Crippen LogP contribution in [0.15, 0.2) is 29.4 Å². The molecule has 1 aliphatic rings. The molecule has 1 amide bonds. The molecule has 2 aromatic rings. The van der Waals surface area contributed by atoms with Crippen molar-refractivity contribution in [2.24, 2.45) is 18.1 Å². The Morgan fingerprint density at radius 3 is 2.90 bits per heavy atom. The second-order valence-corrected chi connectivity index (χ2v) is 6.42. The van der Waals surface area contributed by atoms with Gasteiger partial charge in [-0.3, -0.25) is 4.79 Å². The van der Waals surface area contributed by atoms with Crippen molar-refractivity contribution in [3.8, 4) is 0 Å². The van der Waals surface area contributed by atoms with Gasteiger partial charge in [0.25, 0.3) is 0 Å². The summed E-state index contributed by atoms with van der Waals surface area (Å²) >= 11 is 1.59. The second kappa shape index (κ2) is 5.79. The highest BCUT2D eigenvalue weighted by Crippen LogP contribution is 2.27. The predicted octanol–water partition coefficient (Wildman–Crippen LogP) is 2.75. The summed E-state index contributed by atoms with van der Waals surface area (Å²) in [5.41, 5.74) is 3.84. The Bertz CT molecular complexity index is 680. The number of hydrogen-bond donors (Lipinski definition) is 1. The van der Waals surface area contributed by atoms with Gasteiger partial charge in [0.05, 0.1) is 10.2 Å². The molecule has 0 spiro atoms. The molecule has 1 saturated carbocycles. The molecule has 20 heavy (non-hydrogen) atoms. The molecule has 3 rings (SSSR count). The quantitative estimate of drug-likeness (QED) is 0.868. The molecule has 1 N–H and O–H groups in total. The fraction of sp³-hybridized carbons (Fsp3) is 0.467. The number of amides is 1. The molecule has 1 fully saturated rings. The molecule has 0 radical (unpaired) electrons. The minimum atomic E-state index is 0.0364. The van der Waals surface area contributed by atoms with Gasteiger partial charge in [0, 0.05) is 13.5 Å². The van der Waals surface area contributed by atoms with Crippen molar-refractivity contribution in [2.45, 2.75) is 32.1 Å². The van der Waals surface area contributed by atoms with Gasteiger partial charge in [-0.05, 0) is 30.9 Å². The van der Waals surface area contributed by atoms with Gasteiger partial charge < -0.3 is 4.57 Å². The number of thiazole rings is 1. The van der Waals surface area contributed by atoms with E-state index >= 15 is 0 Å². The number of nitrogens with one attached hydrogen (secondary N) is 1. The number of aryl methyl sites for hydroxylation is 1. The Labute approximate surface area is 122 Å². The van der Waals surface area contributed by atoms with Crippen molar-refractivity contribution in [1.82, 2.24) is 9.99 Å². The van der Waals surface area contributed by atoms with Gasteiger partial charge in [-0.2, -0.15) is 0 Å². The first-order valence-electron chi connectivity index (χ1n) is 7.11. The number of benzene rings is 1. The van der Waals surface area contributed by atoms with Crippen LogP contribution in [0.25, 0.3) is 10.2 Å². The highest BCUT2D eigenvalue weighted by molar-refractivity contribution is 7.16. The Balaban J connectivity index is 1.73. The molecule has 0 bridgehead atoms. The number of para-hydroxylation sites is 1. The van der Waals surface area contributed by atoms with Crippen LogP contribution in [-0.4, -0.2) is 10.5 Å². The van der Waals surface area contributed by atoms with E-state index in [2.05, 4.69) is 22.7 Å². The lowest BCUT2D eigenvalue weighted by Crippen LogP contribution is -2.24. The maximum atomic E-state index is 11.9. The van der Waals surface area contributed by atoms with Crippen LogP contribution in [0, 0.1) is 5.92 Å². The van der Waals surface area contributed by atoms with E-state index in [9.17, 15) is 4.79 Å². The van der Waals surface area contributed by atoms with E-state index < -0.39 is 0 Å². The van der Waals surface area contributed by atoms with Crippen LogP contribution in [0.4, 0.5) is 0 Å². The smallest absolute Gasteiger partial charge is 0.240 e. The maximum Gasteiger partial charge on any atom is 0.240 e. The first kappa shape index (κ1) is 13.4. The minimum Gasteiger partial charge on any atom is -0.318 e. The molecule has 106 valence electrons. The van der Waals surface area contributed by atoms with Crippen molar-refractivity contribution >= 4 is 27.5 Å². The van der Waals surface area contributed by atoms with E-state index in [1.165, 1.54) is 30.4 Å². The molecule has 1 aromatic carbocycles. The third-order valence-electron chi connectivity index (χ3n) is 3.94. The number of nitrogens with zero attached hydrogens (tertiary/aromatic N) is 2. The fourth-order valence-corrected chi connectivity index (χ4v) is 3.80. The van der Waals surface area contributed by atoms with Crippen LogP contribution in [0.3, 0.4) is 0 Å². The molecule has 1 aliphatic carbocycles. The number of fused-ring (bicyclic) bond motifs is 1. The van der Waals surface area contributed by atoms with Gasteiger partial charge in [0.2, 0.25) is 10.7 Å². The van der Waals surface area contributed by atoms with E-state index in [0.29, 0.717) is 12.3 Å². The van der Waals surface area contributed by atoms with Gasteiger partial charge >= 0.3 is 0 Å². The Morgan fingerprint density at radius 1 is 1.40 bits per heavy atom. The molecule has 1 aromatic heterocycles. The van der Waals surface area contributed by atoms with E-state index in [1.54, 1.807) is 11.3 Å². The topological polar surface area (TPSA) is 46.4 Å². The molecular weight excluding hydrogens is 270 g/mol. The van der Waals surface area contributed by atoms with E-state index in [-0.39, 0.29) is 5.91 Å². The summed E-state index contributed by atoms with van der Waals surface area (Å²) in [5, 5.41) is 4.27. The monoisotopic (exact) mass is 289 g/mol. The molecule has 0 unspecified atom stereocenters. The first-order valence-corrected chi connectivity index (χ1v) is 7.93. The van der Waals surface area contributed by atoms with Crippen LogP contribution in [0.1, 0.15) is 32.1 Å². The number of carbonyl (C=O) groups is 1. The maximum absolute atomic E-state index is 11.9. The Hall–Kier alpha value is -1.62. The molecule has 5 heteroatoms. The van der Waals surface area contributed by atoms with Crippen LogP contribution >= 0.6 is 11.3 Å². The summed E-state index contributed by atoms with van der Waals surface area (Å²) in [6.45, 7) is 0. The third-order valence-corrected chi connectivity index (χ3v) is 5.05. The number of carbonyl (C=O) groups excluding carboxylic acids is 1. The molecule has 0 aliphatic heterocycles. The van der Waals surface area contributed by atoms with Crippen LogP contribution < -0.4 is 10.2 Å². The summed E-state index contributed by atoms with van der Waals surface area (Å²) < 4.78 is 3.19. The SMILES string of the molecule is Cn1/c(=N/NC(=O)CC2CCCC2)sc2ccccc21. The van der Waals surface area contributed by atoms with Gasteiger partial charge in [0.1, 0.15) is 0 Å². The summed E-state index contributed by atoms with van der Waals surface area (Å²) in [4.78, 5) is 12.7. The van der Waals surface area contributed by atoms with E-state index in [0.717, 1.165) is 10.3 Å². The number of rotatable bonds is 3. The van der Waals surface area contributed by atoms with Crippen LogP contribution in [0.5, 0.6) is 0 Å². The fourth-order valence-electron chi connectivity index (χ4n) is 2.82. The van der Waals surface area contributed by atoms with Crippen molar-refractivity contribution in [1.29, 1.82) is 0 Å². The second-order valence-electron chi connectivity index (χ2n) is 5.41. The zero-order valence-corrected chi connectivity index (χ0v) is 12.4. The van der Waals surface area contributed by atoms with Crippen molar-refractivity contribution < 1.29 is 4.79 Å². The van der Waals surface area contributed by atoms with Crippen LogP contribution in [-0.2, 0) is 11.8 Å². The lowest BCUT2D eigenvalue weighted by atomic mass is 10.0. The third kappa shape index (κ3) is 2.77. The number of hydrogen-bond acceptors (Lipinski definition) is 3. The summed E-state index contributed by atoms with van der Waals surface area (Å²) in [6, 6.07) is 8.16. The molecule has 0 saturated heterocycles. The van der Waals surface area contributed by atoms with E-state index in [4.69, 9.17) is 0 Å². The largest absolute Gasteiger partial charge is 0.318 e. The van der Waals surface area contributed by atoms with Crippen molar-refractivity contribution in [3.05, 3.63) is 29.1 Å². The molecule has 1 heterocycles. The summed E-state index contributed by atoms with van der Waals surface area (Å²) in [5.74, 6) is 0.593. The highest BCUT2D eigenvalue weighted by atomic mass is 32.1. The lowest BCUT2D eigenvalue weighted by molar-refractivity contribution is -0.122. The Kier molecular flexibility index (Phi) is 3.87. The zero-order valence-electron chi connectivity index (χ0n) is 11.6. The summed E-state index contributed by atoms with van der Waals surface area (Å²) in [6.07, 6.45) is 5.51. The average Bonchev–Trinajstić information content (AvgIpc) is 3.06. The first-order chi connectivity index (χ1) is 9.74. The predicted molar refractivity (Wildman–Crippen MR) is 81.1 cm³/mol. The summed E-state index contributed by atoms with van der Waals surface area (Å²) in [7, 11) is 1.97. The molecular formula is C15H19N3OS. The van der Waals surface area contributed by atoms with Gasteiger partial charge in [-0.1, -0.05) is 36.3 Å². The van der Waals surface area contributed by atoms with Gasteiger partial charge in [-0.15, -0.1) is 5.10 Å². The molecule has 0 atom stereocenters. The standard InChI is InChI=1S/C15H19N3OS/c1-18-12-8-4-5-9-13(12)20-15(18)17-16-14(19)10-11-6-2-3-7-11/h4-5,8-9,11H,2-3,6-7,10H2,1H3,(H,16,19)/b17-15-. The van der Waals surface area contributed by atoms with Crippen molar-refractivity contribution in [2.75, 3.05) is 0 Å². The zero-order chi connectivity index (χ0) is 13.9. The van der Waals surface area contributed by atoms with Gasteiger partial charge in [0.15, 0.2) is 0 Å².